The van der Waals surface area contributed by atoms with Crippen molar-refractivity contribution in [1.29, 1.82) is 0 Å². The number of unbranched alkanes of at least 4 members (excludes halogenated alkanes) is 1. The molecule has 70 valence electrons. The molecule has 0 aliphatic rings. The molecule has 0 amide bonds. The quantitative estimate of drug-likeness (QED) is 0.680. The number of hydrogen-bond acceptors (Lipinski definition) is 0. The first kappa shape index (κ1) is 15.6. The van der Waals surface area contributed by atoms with Gasteiger partial charge in [0.2, 0.25) is 0 Å². The van der Waals surface area contributed by atoms with Gasteiger partial charge in [0.1, 0.15) is 0 Å². The average Bonchev–Trinajstić information content (AvgIpc) is 2.03. The van der Waals surface area contributed by atoms with Gasteiger partial charge in [-0.05, 0) is 0 Å². The summed E-state index contributed by atoms with van der Waals surface area (Å²) in [5.74, 6) is 0. The molecule has 0 saturated carbocycles. The second-order valence-corrected chi connectivity index (χ2v) is 2.87. The Balaban J connectivity index is 0. The molecule has 0 nitrogen and oxygen atoms in total. The van der Waals surface area contributed by atoms with Crippen molar-refractivity contribution >= 4 is 0 Å². The second-order valence-electron chi connectivity index (χ2n) is 2.87. The minimum absolute atomic E-state index is 0. The monoisotopic (exact) mass is 400 g/mol. The summed E-state index contributed by atoms with van der Waals surface area (Å²) in [4.78, 5) is 0. The molecule has 0 unspecified atom stereocenters. The van der Waals surface area contributed by atoms with Crippen molar-refractivity contribution in [2.45, 2.75) is 26.2 Å². The van der Waals surface area contributed by atoms with Crippen molar-refractivity contribution in [3.63, 3.8) is 0 Å². The number of benzene rings is 1. The SMILES string of the molecule is [CH2-]c1ccccc1CCCC.[CH3-].[U+2]. The molecule has 13 heavy (non-hydrogen) atoms. The van der Waals surface area contributed by atoms with E-state index in [4.69, 9.17) is 0 Å². The predicted octanol–water partition coefficient (Wildman–Crippen LogP) is 3.66. The zero-order valence-corrected chi connectivity index (χ0v) is 12.8. The summed E-state index contributed by atoms with van der Waals surface area (Å²) in [7, 11) is 0. The van der Waals surface area contributed by atoms with Crippen molar-refractivity contribution in [2.75, 3.05) is 0 Å². The molecule has 1 rings (SSSR count). The molecule has 0 atom stereocenters. The fourth-order valence-electron chi connectivity index (χ4n) is 1.17. The zero-order valence-electron chi connectivity index (χ0n) is 8.64. The van der Waals surface area contributed by atoms with Gasteiger partial charge < -0.3 is 7.43 Å². The summed E-state index contributed by atoms with van der Waals surface area (Å²) in [6.45, 7) is 6.19. The molecule has 1 heteroatoms. The van der Waals surface area contributed by atoms with Crippen LogP contribution in [0.3, 0.4) is 0 Å². The smallest absolute Gasteiger partial charge is 0.358 e. The first-order chi connectivity index (χ1) is 5.34. The molecule has 0 heterocycles. The standard InChI is InChI=1S/C11H15.CH3.U/c1-3-4-8-11-9-6-5-7-10(11)2;;/h5-7,9H,2-4,8H2,1H3;1H3;/q2*-1;+2. The molecule has 0 fully saturated rings. The van der Waals surface area contributed by atoms with Crippen LogP contribution >= 0.6 is 0 Å². The molecule has 1 aromatic rings. The topological polar surface area (TPSA) is 0 Å². The third-order valence-corrected chi connectivity index (χ3v) is 1.92. The first-order valence-corrected chi connectivity index (χ1v) is 4.24. The molecule has 0 spiro atoms. The van der Waals surface area contributed by atoms with Gasteiger partial charge in [0.15, 0.2) is 0 Å². The van der Waals surface area contributed by atoms with Crippen LogP contribution in [0.5, 0.6) is 0 Å². The van der Waals surface area contributed by atoms with Gasteiger partial charge in [0.25, 0.3) is 0 Å². The van der Waals surface area contributed by atoms with Crippen molar-refractivity contribution in [1.82, 2.24) is 0 Å². The third-order valence-electron chi connectivity index (χ3n) is 1.92. The van der Waals surface area contributed by atoms with E-state index >= 15 is 0 Å². The Hall–Kier alpha value is 0.142. The van der Waals surface area contributed by atoms with E-state index in [0.29, 0.717) is 0 Å². The van der Waals surface area contributed by atoms with Gasteiger partial charge in [-0.1, -0.05) is 32.3 Å². The number of rotatable bonds is 3. The van der Waals surface area contributed by atoms with Crippen LogP contribution in [0.1, 0.15) is 30.9 Å². The van der Waals surface area contributed by atoms with Gasteiger partial charge in [-0.25, -0.2) is 0 Å². The second kappa shape index (κ2) is 8.73. The zero-order chi connectivity index (χ0) is 8.10. The summed E-state index contributed by atoms with van der Waals surface area (Å²) in [5, 5.41) is 0. The van der Waals surface area contributed by atoms with Crippen LogP contribution in [-0.4, -0.2) is 0 Å². The largest absolute Gasteiger partial charge is 2.00 e. The minimum Gasteiger partial charge on any atom is -0.358 e. The van der Waals surface area contributed by atoms with Crippen molar-refractivity contribution in [3.05, 3.63) is 49.7 Å². The Morgan fingerprint density at radius 3 is 2.38 bits per heavy atom. The Labute approximate surface area is 107 Å². The van der Waals surface area contributed by atoms with Crippen molar-refractivity contribution in [2.24, 2.45) is 0 Å². The summed E-state index contributed by atoms with van der Waals surface area (Å²) in [5.41, 5.74) is 2.58. The van der Waals surface area contributed by atoms with E-state index in [1.54, 1.807) is 0 Å². The molecule has 0 N–H and O–H groups in total. The molecule has 0 aliphatic heterocycles. The fourth-order valence-corrected chi connectivity index (χ4v) is 1.17. The molecule has 0 bridgehead atoms. The summed E-state index contributed by atoms with van der Waals surface area (Å²) < 4.78 is 0. The molecule has 0 aromatic heterocycles. The molecule has 0 saturated heterocycles. The maximum Gasteiger partial charge on any atom is 2.00 e. The molecular weight excluding hydrogens is 382 g/mol. The van der Waals surface area contributed by atoms with E-state index in [0.717, 1.165) is 0 Å². The molecular formula is C12H18U. The summed E-state index contributed by atoms with van der Waals surface area (Å²) >= 11 is 0. The van der Waals surface area contributed by atoms with Crippen LogP contribution in [0, 0.1) is 45.5 Å². The Bertz CT molecular complexity index is 218. The van der Waals surface area contributed by atoms with E-state index in [9.17, 15) is 0 Å². The summed E-state index contributed by atoms with van der Waals surface area (Å²) in [6, 6.07) is 8.36. The molecule has 0 aliphatic carbocycles. The van der Waals surface area contributed by atoms with E-state index in [-0.39, 0.29) is 38.5 Å². The van der Waals surface area contributed by atoms with Gasteiger partial charge >= 0.3 is 31.1 Å². The number of hydrogen-bond donors (Lipinski definition) is 0. The van der Waals surface area contributed by atoms with Crippen LogP contribution in [0.2, 0.25) is 0 Å². The van der Waals surface area contributed by atoms with Crippen LogP contribution in [0.4, 0.5) is 0 Å². The minimum atomic E-state index is 0. The maximum absolute atomic E-state index is 3.97. The fraction of sp³-hybridized carbons (Fsp3) is 0.333. The van der Waals surface area contributed by atoms with E-state index in [1.165, 1.54) is 30.4 Å². The van der Waals surface area contributed by atoms with Gasteiger partial charge in [0.05, 0.1) is 0 Å². The van der Waals surface area contributed by atoms with Gasteiger partial charge in [-0.15, -0.1) is 17.7 Å². The first-order valence-electron chi connectivity index (χ1n) is 4.24. The van der Waals surface area contributed by atoms with E-state index in [2.05, 4.69) is 32.0 Å². The van der Waals surface area contributed by atoms with E-state index < -0.39 is 0 Å². The van der Waals surface area contributed by atoms with Gasteiger partial charge in [0, 0.05) is 0 Å². The normalized spacial score (nSPS) is 8.38. The van der Waals surface area contributed by atoms with Crippen LogP contribution in [0.15, 0.2) is 24.3 Å². The van der Waals surface area contributed by atoms with E-state index in [1.807, 2.05) is 6.07 Å². The summed E-state index contributed by atoms with van der Waals surface area (Å²) in [6.07, 6.45) is 3.71. The molecule has 0 radical (unpaired) electrons. The average molecular weight is 400 g/mol. The van der Waals surface area contributed by atoms with Gasteiger partial charge in [-0.3, -0.25) is 0 Å². The van der Waals surface area contributed by atoms with Gasteiger partial charge in [-0.2, -0.15) is 18.6 Å². The Morgan fingerprint density at radius 2 is 1.85 bits per heavy atom. The predicted molar refractivity (Wildman–Crippen MR) is 55.9 cm³/mol. The molecule has 1 aromatic carbocycles. The van der Waals surface area contributed by atoms with Crippen molar-refractivity contribution < 1.29 is 31.1 Å². The maximum atomic E-state index is 3.97. The van der Waals surface area contributed by atoms with Crippen LogP contribution in [0.25, 0.3) is 0 Å². The van der Waals surface area contributed by atoms with Crippen molar-refractivity contribution in [3.8, 4) is 0 Å². The Morgan fingerprint density at radius 1 is 1.23 bits per heavy atom. The van der Waals surface area contributed by atoms with Crippen LogP contribution < -0.4 is 0 Å². The van der Waals surface area contributed by atoms with Crippen LogP contribution in [-0.2, 0) is 6.42 Å². The third kappa shape index (κ3) is 5.45. The number of aryl methyl sites for hydroxylation is 1. The Kier molecular flexibility index (Phi) is 10.5.